The highest BCUT2D eigenvalue weighted by atomic mass is 79.9. The quantitative estimate of drug-likeness (QED) is 0.592. The number of imide groups is 1. The highest BCUT2D eigenvalue weighted by Crippen LogP contribution is 2.38. The van der Waals surface area contributed by atoms with Crippen LogP contribution in [0.15, 0.2) is 45.8 Å². The van der Waals surface area contributed by atoms with E-state index in [1.807, 2.05) is 6.92 Å². The molecule has 2 amide bonds. The number of ether oxygens (including phenoxy) is 1. The van der Waals surface area contributed by atoms with Crippen LogP contribution in [-0.2, 0) is 11.3 Å². The molecule has 1 N–H and O–H groups in total. The van der Waals surface area contributed by atoms with Crippen molar-refractivity contribution in [2.45, 2.75) is 13.5 Å². The van der Waals surface area contributed by atoms with Crippen molar-refractivity contribution in [2.24, 2.45) is 0 Å². The molecule has 3 rings (SSSR count). The van der Waals surface area contributed by atoms with Gasteiger partial charge in [-0.3, -0.25) is 14.5 Å². The molecule has 1 heterocycles. The van der Waals surface area contributed by atoms with E-state index < -0.39 is 0 Å². The molecule has 5 nitrogen and oxygen atoms in total. The lowest BCUT2D eigenvalue weighted by atomic mass is 10.1. The summed E-state index contributed by atoms with van der Waals surface area (Å²) in [5.41, 5.74) is 1.45. The summed E-state index contributed by atoms with van der Waals surface area (Å²) in [5, 5.41) is 10.3. The molecule has 0 atom stereocenters. The van der Waals surface area contributed by atoms with Gasteiger partial charge in [-0.2, -0.15) is 0 Å². The Morgan fingerprint density at radius 2 is 1.96 bits per heavy atom. The van der Waals surface area contributed by atoms with Gasteiger partial charge in [0.1, 0.15) is 0 Å². The Morgan fingerprint density at radius 3 is 2.63 bits per heavy atom. The fraction of sp³-hybridized carbons (Fsp3) is 0.158. The highest BCUT2D eigenvalue weighted by molar-refractivity contribution is 9.10. The first-order chi connectivity index (χ1) is 12.9. The van der Waals surface area contributed by atoms with E-state index in [9.17, 15) is 14.7 Å². The molecule has 0 bridgehead atoms. The molecule has 2 aromatic carbocycles. The van der Waals surface area contributed by atoms with Crippen molar-refractivity contribution < 1.29 is 19.4 Å². The molecule has 8 heteroatoms. The molecule has 1 fully saturated rings. The van der Waals surface area contributed by atoms with Crippen molar-refractivity contribution in [1.29, 1.82) is 0 Å². The van der Waals surface area contributed by atoms with Gasteiger partial charge in [-0.15, -0.1) is 0 Å². The van der Waals surface area contributed by atoms with E-state index in [2.05, 4.69) is 15.9 Å². The lowest BCUT2D eigenvalue weighted by Crippen LogP contribution is -2.27. The average Bonchev–Trinajstić information content (AvgIpc) is 2.88. The first-order valence-electron chi connectivity index (χ1n) is 8.04. The molecule has 1 aliphatic rings. The van der Waals surface area contributed by atoms with Crippen molar-refractivity contribution in [3.63, 3.8) is 0 Å². The molecule has 0 aromatic heterocycles. The zero-order valence-electron chi connectivity index (χ0n) is 14.2. The number of carbonyl (C=O) groups excluding carboxylic acids is 2. The summed E-state index contributed by atoms with van der Waals surface area (Å²) < 4.78 is 5.84. The van der Waals surface area contributed by atoms with E-state index in [0.29, 0.717) is 32.3 Å². The van der Waals surface area contributed by atoms with Gasteiger partial charge >= 0.3 is 0 Å². The number of halogens is 2. The Labute approximate surface area is 174 Å². The number of nitrogens with zero attached hydrogens (tertiary/aromatic N) is 1. The standard InChI is InChI=1S/C19H15BrClNO4S/c1-2-26-15-8-12(7-14(20)17(15)23)9-16-18(24)22(19(25)27-16)10-11-3-5-13(21)6-4-11/h3-9,23H,2,10H2,1H3/b16-9-. The number of thioether (sulfide) groups is 1. The van der Waals surface area contributed by atoms with Crippen LogP contribution in [0.5, 0.6) is 11.5 Å². The summed E-state index contributed by atoms with van der Waals surface area (Å²) in [6.07, 6.45) is 1.61. The summed E-state index contributed by atoms with van der Waals surface area (Å²) in [6, 6.07) is 10.3. The summed E-state index contributed by atoms with van der Waals surface area (Å²) in [5.74, 6) is -0.0644. The zero-order valence-corrected chi connectivity index (χ0v) is 17.4. The summed E-state index contributed by atoms with van der Waals surface area (Å²) in [7, 11) is 0. The Bertz CT molecular complexity index is 930. The van der Waals surface area contributed by atoms with Crippen LogP contribution in [-0.4, -0.2) is 27.8 Å². The van der Waals surface area contributed by atoms with Crippen LogP contribution in [0, 0.1) is 0 Å². The van der Waals surface area contributed by atoms with Crippen LogP contribution in [0.3, 0.4) is 0 Å². The van der Waals surface area contributed by atoms with Crippen LogP contribution < -0.4 is 4.74 Å². The van der Waals surface area contributed by atoms with E-state index in [-0.39, 0.29) is 23.4 Å². The number of hydrogen-bond donors (Lipinski definition) is 1. The van der Waals surface area contributed by atoms with Crippen LogP contribution in [0.4, 0.5) is 4.79 Å². The summed E-state index contributed by atoms with van der Waals surface area (Å²) in [4.78, 5) is 26.4. The maximum Gasteiger partial charge on any atom is 0.293 e. The van der Waals surface area contributed by atoms with Crippen LogP contribution >= 0.6 is 39.3 Å². The summed E-state index contributed by atoms with van der Waals surface area (Å²) in [6.45, 7) is 2.38. The molecule has 140 valence electrons. The van der Waals surface area contributed by atoms with Gasteiger partial charge in [0.2, 0.25) is 0 Å². The van der Waals surface area contributed by atoms with Crippen molar-refractivity contribution in [1.82, 2.24) is 4.90 Å². The number of amides is 2. The second-order valence-corrected chi connectivity index (χ2v) is 7.96. The lowest BCUT2D eigenvalue weighted by Gasteiger charge is -2.12. The predicted molar refractivity (Wildman–Crippen MR) is 110 cm³/mol. The second kappa shape index (κ2) is 8.37. The minimum absolute atomic E-state index is 0.00940. The Balaban J connectivity index is 1.85. The predicted octanol–water partition coefficient (Wildman–Crippen LogP) is 5.44. The Kier molecular flexibility index (Phi) is 6.14. The normalized spacial score (nSPS) is 15.7. The molecule has 1 aliphatic heterocycles. The maximum atomic E-state index is 12.7. The van der Waals surface area contributed by atoms with Gasteiger partial charge < -0.3 is 9.84 Å². The molecular weight excluding hydrogens is 454 g/mol. The number of aromatic hydroxyl groups is 1. The number of hydrogen-bond acceptors (Lipinski definition) is 5. The molecule has 27 heavy (non-hydrogen) atoms. The minimum Gasteiger partial charge on any atom is -0.503 e. The van der Waals surface area contributed by atoms with E-state index in [0.717, 1.165) is 17.3 Å². The molecule has 0 unspecified atom stereocenters. The van der Waals surface area contributed by atoms with E-state index in [1.54, 1.807) is 42.5 Å². The highest BCUT2D eigenvalue weighted by Gasteiger charge is 2.35. The van der Waals surface area contributed by atoms with Gasteiger partial charge in [0.15, 0.2) is 11.5 Å². The van der Waals surface area contributed by atoms with Crippen molar-refractivity contribution >= 4 is 56.5 Å². The average molecular weight is 469 g/mol. The smallest absolute Gasteiger partial charge is 0.293 e. The van der Waals surface area contributed by atoms with Crippen LogP contribution in [0.1, 0.15) is 18.1 Å². The molecule has 1 saturated heterocycles. The first kappa shape index (κ1) is 19.8. The van der Waals surface area contributed by atoms with E-state index >= 15 is 0 Å². The summed E-state index contributed by atoms with van der Waals surface area (Å²) >= 11 is 10.0. The zero-order chi connectivity index (χ0) is 19.6. The third-order valence-corrected chi connectivity index (χ3v) is 5.54. The molecule has 2 aromatic rings. The van der Waals surface area contributed by atoms with Crippen molar-refractivity contribution in [2.75, 3.05) is 6.61 Å². The fourth-order valence-electron chi connectivity index (χ4n) is 2.50. The number of benzene rings is 2. The van der Waals surface area contributed by atoms with Gasteiger partial charge in [0.05, 0.1) is 22.5 Å². The largest absolute Gasteiger partial charge is 0.503 e. The topological polar surface area (TPSA) is 66.8 Å². The van der Waals surface area contributed by atoms with Gasteiger partial charge in [0, 0.05) is 5.02 Å². The van der Waals surface area contributed by atoms with Crippen LogP contribution in [0.2, 0.25) is 5.02 Å². The Hall–Kier alpha value is -1.96. The van der Waals surface area contributed by atoms with Gasteiger partial charge in [-0.05, 0) is 76.1 Å². The molecule has 0 spiro atoms. The minimum atomic E-state index is -0.359. The number of rotatable bonds is 5. The van der Waals surface area contributed by atoms with Crippen LogP contribution in [0.25, 0.3) is 6.08 Å². The van der Waals surface area contributed by atoms with Gasteiger partial charge in [0.25, 0.3) is 11.1 Å². The van der Waals surface area contributed by atoms with Gasteiger partial charge in [-0.1, -0.05) is 23.7 Å². The Morgan fingerprint density at radius 1 is 1.26 bits per heavy atom. The number of phenolic OH excluding ortho intramolecular Hbond substituents is 1. The SMILES string of the molecule is CCOc1cc(/C=C2\SC(=O)N(Cc3ccc(Cl)cc3)C2=O)cc(Br)c1O. The van der Waals surface area contributed by atoms with Crippen molar-refractivity contribution in [3.05, 3.63) is 61.9 Å². The monoisotopic (exact) mass is 467 g/mol. The molecule has 0 radical (unpaired) electrons. The third-order valence-electron chi connectivity index (χ3n) is 3.78. The van der Waals surface area contributed by atoms with Crippen molar-refractivity contribution in [3.8, 4) is 11.5 Å². The molecular formula is C19H15BrClNO4S. The first-order valence-corrected chi connectivity index (χ1v) is 10.0. The second-order valence-electron chi connectivity index (χ2n) is 5.68. The fourth-order valence-corrected chi connectivity index (χ4v) is 3.93. The van der Waals surface area contributed by atoms with E-state index in [4.69, 9.17) is 16.3 Å². The van der Waals surface area contributed by atoms with Gasteiger partial charge in [-0.25, -0.2) is 0 Å². The number of carbonyl (C=O) groups is 2. The molecule has 0 aliphatic carbocycles. The van der Waals surface area contributed by atoms with E-state index in [1.165, 1.54) is 4.90 Å². The third kappa shape index (κ3) is 4.48. The lowest BCUT2D eigenvalue weighted by molar-refractivity contribution is -0.123. The maximum absolute atomic E-state index is 12.7. The molecule has 0 saturated carbocycles. The number of phenols is 1.